The zero-order chi connectivity index (χ0) is 15.0. The van der Waals surface area contributed by atoms with Gasteiger partial charge in [-0.25, -0.2) is 0 Å². The number of aromatic nitrogens is 1. The average Bonchev–Trinajstić information content (AvgIpc) is 2.49. The number of rotatable bonds is 1. The molecule has 0 aromatic carbocycles. The highest BCUT2D eigenvalue weighted by Crippen LogP contribution is 2.22. The van der Waals surface area contributed by atoms with Crippen LogP contribution in [-0.4, -0.2) is 46.7 Å². The second-order valence-electron chi connectivity index (χ2n) is 5.85. The Morgan fingerprint density at radius 1 is 1.29 bits per heavy atom. The Morgan fingerprint density at radius 2 is 2.10 bits per heavy atom. The molecule has 0 bridgehead atoms. The van der Waals surface area contributed by atoms with E-state index in [1.807, 2.05) is 4.90 Å². The van der Waals surface area contributed by atoms with E-state index < -0.39 is 0 Å². The molecular weight excluding hydrogens is 270 g/mol. The van der Waals surface area contributed by atoms with Crippen LogP contribution in [0.4, 0.5) is 0 Å². The lowest BCUT2D eigenvalue weighted by Gasteiger charge is -2.35. The molecular formula is C15H19N3O3. The summed E-state index contributed by atoms with van der Waals surface area (Å²) >= 11 is 0. The number of carbonyl (C=O) groups is 2. The van der Waals surface area contributed by atoms with Crippen LogP contribution in [0.2, 0.25) is 0 Å². The molecule has 1 saturated heterocycles. The number of H-pyrrole nitrogens is 1. The van der Waals surface area contributed by atoms with Gasteiger partial charge in [0.2, 0.25) is 17.4 Å². The number of piperidine rings is 1. The Morgan fingerprint density at radius 3 is 2.86 bits per heavy atom. The van der Waals surface area contributed by atoms with Crippen LogP contribution in [0.1, 0.15) is 24.1 Å². The molecule has 1 fully saturated rings. The number of carbonyl (C=O) groups excluding carboxylic acids is 2. The number of amides is 2. The number of nitrogens with one attached hydrogen (secondary N) is 1. The van der Waals surface area contributed by atoms with Crippen molar-refractivity contribution >= 4 is 11.8 Å². The first kappa shape index (κ1) is 13.9. The van der Waals surface area contributed by atoms with Crippen molar-refractivity contribution in [3.05, 3.63) is 33.7 Å². The van der Waals surface area contributed by atoms with Crippen LogP contribution in [0, 0.1) is 5.92 Å². The van der Waals surface area contributed by atoms with Crippen molar-refractivity contribution in [2.45, 2.75) is 25.8 Å². The van der Waals surface area contributed by atoms with Gasteiger partial charge in [-0.3, -0.25) is 14.4 Å². The summed E-state index contributed by atoms with van der Waals surface area (Å²) in [6, 6.07) is 3.30. The predicted molar refractivity (Wildman–Crippen MR) is 76.5 cm³/mol. The Hall–Kier alpha value is -2.11. The van der Waals surface area contributed by atoms with Crippen LogP contribution in [0.3, 0.4) is 0 Å². The van der Waals surface area contributed by atoms with Crippen molar-refractivity contribution in [2.75, 3.05) is 20.1 Å². The molecule has 1 aromatic rings. The molecule has 0 spiro atoms. The van der Waals surface area contributed by atoms with Crippen LogP contribution in [0.15, 0.2) is 16.9 Å². The highest BCUT2D eigenvalue weighted by atomic mass is 16.2. The highest BCUT2D eigenvalue weighted by Gasteiger charge is 2.32. The Labute approximate surface area is 122 Å². The molecule has 112 valence electrons. The monoisotopic (exact) mass is 289 g/mol. The topological polar surface area (TPSA) is 73.5 Å². The average molecular weight is 289 g/mol. The van der Waals surface area contributed by atoms with Crippen molar-refractivity contribution in [3.63, 3.8) is 0 Å². The van der Waals surface area contributed by atoms with Gasteiger partial charge in [0.15, 0.2) is 0 Å². The first-order valence-corrected chi connectivity index (χ1v) is 7.28. The molecule has 2 amide bonds. The standard InChI is InChI=1S/C15H19N3O3/c1-17-8-11(3-5-14(17)20)15(21)18-7-6-12-10(9-18)2-4-13(19)16-12/h2,4,11H,3,5-9H2,1H3,(H,16,19). The molecule has 3 heterocycles. The number of likely N-dealkylation sites (tertiary alicyclic amines) is 1. The Bertz CT molecular complexity index is 637. The summed E-state index contributed by atoms with van der Waals surface area (Å²) in [5, 5.41) is 0. The molecule has 3 rings (SSSR count). The van der Waals surface area contributed by atoms with Crippen LogP contribution in [0.25, 0.3) is 0 Å². The summed E-state index contributed by atoms with van der Waals surface area (Å²) < 4.78 is 0. The van der Waals surface area contributed by atoms with E-state index in [0.29, 0.717) is 38.9 Å². The molecule has 1 aromatic heterocycles. The molecule has 6 nitrogen and oxygen atoms in total. The second kappa shape index (κ2) is 5.35. The molecule has 2 aliphatic rings. The van der Waals surface area contributed by atoms with Gasteiger partial charge in [-0.15, -0.1) is 0 Å². The van der Waals surface area contributed by atoms with E-state index >= 15 is 0 Å². The number of aromatic amines is 1. The maximum atomic E-state index is 12.6. The predicted octanol–water partition coefficient (Wildman–Crippen LogP) is 0.128. The van der Waals surface area contributed by atoms with Gasteiger partial charge in [0.1, 0.15) is 0 Å². The van der Waals surface area contributed by atoms with Gasteiger partial charge >= 0.3 is 0 Å². The van der Waals surface area contributed by atoms with Crippen LogP contribution < -0.4 is 5.56 Å². The third kappa shape index (κ3) is 2.70. The number of nitrogens with zero attached hydrogens (tertiary/aromatic N) is 2. The molecule has 1 atom stereocenters. The van der Waals surface area contributed by atoms with Crippen molar-refractivity contribution in [2.24, 2.45) is 5.92 Å². The van der Waals surface area contributed by atoms with Crippen LogP contribution >= 0.6 is 0 Å². The van der Waals surface area contributed by atoms with Gasteiger partial charge in [0.05, 0.1) is 5.92 Å². The van der Waals surface area contributed by atoms with Crippen molar-refractivity contribution in [1.29, 1.82) is 0 Å². The van der Waals surface area contributed by atoms with E-state index in [0.717, 1.165) is 11.3 Å². The summed E-state index contributed by atoms with van der Waals surface area (Å²) in [5.74, 6) is 0.129. The lowest BCUT2D eigenvalue weighted by molar-refractivity contribution is -0.142. The van der Waals surface area contributed by atoms with Crippen molar-refractivity contribution in [3.8, 4) is 0 Å². The fourth-order valence-electron chi connectivity index (χ4n) is 3.11. The molecule has 1 N–H and O–H groups in total. The third-order valence-corrected chi connectivity index (χ3v) is 4.38. The number of hydrogen-bond acceptors (Lipinski definition) is 3. The Balaban J connectivity index is 1.71. The molecule has 0 aliphatic carbocycles. The van der Waals surface area contributed by atoms with Crippen LogP contribution in [-0.2, 0) is 22.6 Å². The zero-order valence-corrected chi connectivity index (χ0v) is 12.1. The maximum Gasteiger partial charge on any atom is 0.248 e. The van der Waals surface area contributed by atoms with Gasteiger partial charge < -0.3 is 14.8 Å². The molecule has 0 radical (unpaired) electrons. The normalized spacial score (nSPS) is 22.1. The third-order valence-electron chi connectivity index (χ3n) is 4.38. The summed E-state index contributed by atoms with van der Waals surface area (Å²) in [6.45, 7) is 1.67. The van der Waals surface area contributed by atoms with Gasteiger partial charge in [0, 0.05) is 51.3 Å². The van der Waals surface area contributed by atoms with E-state index in [1.165, 1.54) is 6.07 Å². The van der Waals surface area contributed by atoms with Gasteiger partial charge in [-0.1, -0.05) is 6.07 Å². The van der Waals surface area contributed by atoms with Crippen LogP contribution in [0.5, 0.6) is 0 Å². The minimum absolute atomic E-state index is 0.0963. The number of hydrogen-bond donors (Lipinski definition) is 1. The minimum Gasteiger partial charge on any atom is -0.345 e. The number of fused-ring (bicyclic) bond motifs is 1. The molecule has 0 saturated carbocycles. The lowest BCUT2D eigenvalue weighted by atomic mass is 9.95. The summed E-state index contributed by atoms with van der Waals surface area (Å²) in [5.41, 5.74) is 1.85. The molecule has 1 unspecified atom stereocenters. The first-order chi connectivity index (χ1) is 10.0. The van der Waals surface area contributed by atoms with E-state index in [2.05, 4.69) is 4.98 Å². The van der Waals surface area contributed by atoms with E-state index in [1.54, 1.807) is 18.0 Å². The summed E-state index contributed by atoms with van der Waals surface area (Å²) in [4.78, 5) is 41.7. The lowest BCUT2D eigenvalue weighted by Crippen LogP contribution is -2.47. The molecule has 2 aliphatic heterocycles. The smallest absolute Gasteiger partial charge is 0.248 e. The van der Waals surface area contributed by atoms with Gasteiger partial charge in [-0.05, 0) is 12.0 Å². The van der Waals surface area contributed by atoms with Gasteiger partial charge in [-0.2, -0.15) is 0 Å². The minimum atomic E-state index is -0.1000. The van der Waals surface area contributed by atoms with E-state index in [9.17, 15) is 14.4 Å². The SMILES string of the molecule is CN1CC(C(=O)N2CCc3[nH]c(=O)ccc3C2)CCC1=O. The fourth-order valence-corrected chi connectivity index (χ4v) is 3.11. The maximum absolute atomic E-state index is 12.6. The summed E-state index contributed by atoms with van der Waals surface area (Å²) in [6.07, 6.45) is 1.76. The van der Waals surface area contributed by atoms with E-state index in [4.69, 9.17) is 0 Å². The quantitative estimate of drug-likeness (QED) is 0.798. The second-order valence-corrected chi connectivity index (χ2v) is 5.85. The van der Waals surface area contributed by atoms with E-state index in [-0.39, 0.29) is 23.3 Å². The van der Waals surface area contributed by atoms with Crippen molar-refractivity contribution in [1.82, 2.24) is 14.8 Å². The summed E-state index contributed by atoms with van der Waals surface area (Å²) in [7, 11) is 1.75. The molecule has 6 heteroatoms. The van der Waals surface area contributed by atoms with Gasteiger partial charge in [0.25, 0.3) is 0 Å². The Kier molecular flexibility index (Phi) is 3.53. The largest absolute Gasteiger partial charge is 0.345 e. The molecule has 21 heavy (non-hydrogen) atoms. The van der Waals surface area contributed by atoms with Crippen molar-refractivity contribution < 1.29 is 9.59 Å². The first-order valence-electron chi connectivity index (χ1n) is 7.28. The highest BCUT2D eigenvalue weighted by molar-refractivity contribution is 5.83. The fraction of sp³-hybridized carbons (Fsp3) is 0.533. The zero-order valence-electron chi connectivity index (χ0n) is 12.1. The number of pyridine rings is 1.